The molecular formula is C23H22N8O. The largest absolute Gasteiger partial charge is 0.340 e. The van der Waals surface area contributed by atoms with Gasteiger partial charge in [-0.15, -0.1) is 0 Å². The highest BCUT2D eigenvalue weighted by Gasteiger charge is 2.52. The summed E-state index contributed by atoms with van der Waals surface area (Å²) in [4.78, 5) is 35.5. The van der Waals surface area contributed by atoms with Crippen LogP contribution in [0.3, 0.4) is 0 Å². The van der Waals surface area contributed by atoms with Crippen molar-refractivity contribution < 1.29 is 4.79 Å². The summed E-state index contributed by atoms with van der Waals surface area (Å²) < 4.78 is 1.65. The molecule has 1 aromatic carbocycles. The highest BCUT2D eigenvalue weighted by atomic mass is 16.2. The Morgan fingerprint density at radius 2 is 2.03 bits per heavy atom. The molecule has 5 heterocycles. The summed E-state index contributed by atoms with van der Waals surface area (Å²) in [6.45, 7) is 2.87. The number of amides is 1. The first kappa shape index (κ1) is 18.9. The van der Waals surface area contributed by atoms with Crippen molar-refractivity contribution in [3.8, 4) is 17.3 Å². The van der Waals surface area contributed by atoms with Gasteiger partial charge >= 0.3 is 0 Å². The molecular weight excluding hydrogens is 404 g/mol. The molecule has 1 saturated heterocycles. The number of pyridine rings is 1. The van der Waals surface area contributed by atoms with E-state index in [-0.39, 0.29) is 5.91 Å². The number of fused-ring (bicyclic) bond motifs is 4. The molecule has 0 N–H and O–H groups in total. The number of anilines is 2. The maximum absolute atomic E-state index is 13.2. The van der Waals surface area contributed by atoms with Crippen LogP contribution in [-0.2, 0) is 4.79 Å². The molecule has 2 aliphatic rings. The molecule has 0 bridgehead atoms. The van der Waals surface area contributed by atoms with Crippen LogP contribution in [0, 0.1) is 0 Å². The summed E-state index contributed by atoms with van der Waals surface area (Å²) >= 11 is 0. The van der Waals surface area contributed by atoms with E-state index < -0.39 is 5.54 Å². The summed E-state index contributed by atoms with van der Waals surface area (Å²) in [5.74, 6) is 1.97. The van der Waals surface area contributed by atoms with E-state index in [9.17, 15) is 4.79 Å². The standard InChI is InChI=1S/C23H22N8O/c1-3-23-10-6-12-30(23)20-18(29(2)21(23)32)13-25-22(28-20)31-19(26-14-27-31)16-7-4-9-17-15(16)8-5-11-24-17/h4-5,7-9,11,13-14H,3,6,10,12H2,1-2H3. The highest BCUT2D eigenvalue weighted by Crippen LogP contribution is 2.45. The minimum atomic E-state index is -0.528. The first-order valence-electron chi connectivity index (χ1n) is 10.8. The number of nitrogens with zero attached hydrogens (tertiary/aromatic N) is 8. The van der Waals surface area contributed by atoms with Crippen molar-refractivity contribution in [3.05, 3.63) is 49.1 Å². The number of carbonyl (C=O) groups excluding carboxylic acids is 1. The van der Waals surface area contributed by atoms with Crippen LogP contribution in [0.25, 0.3) is 28.2 Å². The Morgan fingerprint density at radius 3 is 2.91 bits per heavy atom. The fourth-order valence-corrected chi connectivity index (χ4v) is 5.11. The summed E-state index contributed by atoms with van der Waals surface area (Å²) in [6, 6.07) is 9.85. The molecule has 1 unspecified atom stereocenters. The summed E-state index contributed by atoms with van der Waals surface area (Å²) in [6.07, 6.45) is 7.54. The van der Waals surface area contributed by atoms with E-state index in [2.05, 4.69) is 31.9 Å². The zero-order valence-corrected chi connectivity index (χ0v) is 17.9. The lowest BCUT2D eigenvalue weighted by Crippen LogP contribution is -2.59. The predicted octanol–water partition coefficient (Wildman–Crippen LogP) is 3.00. The first-order chi connectivity index (χ1) is 15.6. The number of aromatic nitrogens is 6. The van der Waals surface area contributed by atoms with E-state index in [1.807, 2.05) is 30.3 Å². The molecule has 0 saturated carbocycles. The minimum Gasteiger partial charge on any atom is -0.340 e. The Hall–Kier alpha value is -3.88. The van der Waals surface area contributed by atoms with E-state index >= 15 is 0 Å². The van der Waals surface area contributed by atoms with Crippen molar-refractivity contribution in [2.45, 2.75) is 31.7 Å². The van der Waals surface area contributed by atoms with Gasteiger partial charge in [0.05, 0.1) is 11.7 Å². The lowest BCUT2D eigenvalue weighted by Gasteiger charge is -2.45. The van der Waals surface area contributed by atoms with Crippen molar-refractivity contribution in [1.29, 1.82) is 0 Å². The molecule has 0 aliphatic carbocycles. The number of likely N-dealkylation sites (N-methyl/N-ethyl adjacent to an activating group) is 1. The third-order valence-electron chi connectivity index (χ3n) is 6.75. The normalized spacial score (nSPS) is 20.0. The molecule has 9 nitrogen and oxygen atoms in total. The molecule has 0 spiro atoms. The van der Waals surface area contributed by atoms with Gasteiger partial charge in [-0.05, 0) is 31.4 Å². The number of benzene rings is 1. The number of carbonyl (C=O) groups is 1. The van der Waals surface area contributed by atoms with E-state index in [1.54, 1.807) is 29.0 Å². The molecule has 3 aromatic heterocycles. The second-order valence-electron chi connectivity index (χ2n) is 8.25. The second kappa shape index (κ2) is 6.81. The summed E-state index contributed by atoms with van der Waals surface area (Å²) in [5.41, 5.74) is 1.99. The van der Waals surface area contributed by atoms with Crippen molar-refractivity contribution in [2.75, 3.05) is 23.4 Å². The van der Waals surface area contributed by atoms with Crippen LogP contribution in [0.4, 0.5) is 11.5 Å². The molecule has 1 fully saturated rings. The van der Waals surface area contributed by atoms with Gasteiger partial charge in [-0.1, -0.05) is 25.1 Å². The van der Waals surface area contributed by atoms with Gasteiger partial charge < -0.3 is 9.80 Å². The second-order valence-corrected chi connectivity index (χ2v) is 8.25. The molecule has 160 valence electrons. The zero-order valence-electron chi connectivity index (χ0n) is 17.9. The van der Waals surface area contributed by atoms with Crippen LogP contribution in [0.2, 0.25) is 0 Å². The smallest absolute Gasteiger partial charge is 0.254 e. The van der Waals surface area contributed by atoms with Gasteiger partial charge in [0.1, 0.15) is 17.6 Å². The molecule has 0 radical (unpaired) electrons. The van der Waals surface area contributed by atoms with Gasteiger partial charge in [-0.3, -0.25) is 9.78 Å². The van der Waals surface area contributed by atoms with E-state index in [0.29, 0.717) is 11.8 Å². The third kappa shape index (κ3) is 2.44. The molecule has 9 heteroatoms. The number of hydrogen-bond donors (Lipinski definition) is 0. The lowest BCUT2D eigenvalue weighted by molar-refractivity contribution is -0.123. The first-order valence-corrected chi connectivity index (χ1v) is 10.8. The Morgan fingerprint density at radius 1 is 1.12 bits per heavy atom. The zero-order chi connectivity index (χ0) is 21.9. The van der Waals surface area contributed by atoms with Gasteiger partial charge in [-0.2, -0.15) is 14.8 Å². The Kier molecular flexibility index (Phi) is 4.01. The van der Waals surface area contributed by atoms with Gasteiger partial charge in [0.25, 0.3) is 11.9 Å². The van der Waals surface area contributed by atoms with E-state index in [0.717, 1.165) is 53.8 Å². The molecule has 2 aliphatic heterocycles. The average molecular weight is 426 g/mol. The van der Waals surface area contributed by atoms with Gasteiger partial charge in [0, 0.05) is 30.7 Å². The van der Waals surface area contributed by atoms with Gasteiger partial charge in [0.2, 0.25) is 0 Å². The van der Waals surface area contributed by atoms with Crippen LogP contribution < -0.4 is 9.80 Å². The fourth-order valence-electron chi connectivity index (χ4n) is 5.11. The molecule has 1 atom stereocenters. The molecule has 6 rings (SSSR count). The molecule has 4 aromatic rings. The van der Waals surface area contributed by atoms with Crippen molar-refractivity contribution >= 4 is 28.3 Å². The maximum atomic E-state index is 13.2. The number of rotatable bonds is 3. The monoisotopic (exact) mass is 426 g/mol. The Balaban J connectivity index is 1.51. The topological polar surface area (TPSA) is 92.9 Å². The van der Waals surface area contributed by atoms with Crippen molar-refractivity contribution in [2.24, 2.45) is 0 Å². The van der Waals surface area contributed by atoms with Crippen LogP contribution in [-0.4, -0.2) is 54.8 Å². The predicted molar refractivity (Wildman–Crippen MR) is 121 cm³/mol. The highest BCUT2D eigenvalue weighted by molar-refractivity contribution is 6.07. The van der Waals surface area contributed by atoms with Crippen LogP contribution in [0.5, 0.6) is 0 Å². The summed E-state index contributed by atoms with van der Waals surface area (Å²) in [7, 11) is 1.81. The lowest BCUT2D eigenvalue weighted by atomic mass is 9.89. The van der Waals surface area contributed by atoms with E-state index in [4.69, 9.17) is 4.98 Å². The Labute approximate surface area is 184 Å². The maximum Gasteiger partial charge on any atom is 0.254 e. The van der Waals surface area contributed by atoms with Gasteiger partial charge in [0.15, 0.2) is 11.6 Å². The van der Waals surface area contributed by atoms with E-state index in [1.165, 1.54) is 6.33 Å². The number of hydrogen-bond acceptors (Lipinski definition) is 7. The quantitative estimate of drug-likeness (QED) is 0.497. The van der Waals surface area contributed by atoms with Gasteiger partial charge in [-0.25, -0.2) is 9.97 Å². The average Bonchev–Trinajstić information content (AvgIpc) is 3.50. The molecule has 1 amide bonds. The van der Waals surface area contributed by atoms with Crippen LogP contribution in [0.1, 0.15) is 26.2 Å². The fraction of sp³-hybridized carbons (Fsp3) is 0.304. The van der Waals surface area contributed by atoms with Crippen LogP contribution in [0.15, 0.2) is 49.1 Å². The SMILES string of the molecule is CCC12CCCN1c1nc(-n3ncnc3-c3cccc4ncccc34)ncc1N(C)C2=O. The Bertz CT molecular complexity index is 1360. The van der Waals surface area contributed by atoms with Crippen LogP contribution >= 0.6 is 0 Å². The molecule has 32 heavy (non-hydrogen) atoms. The minimum absolute atomic E-state index is 0.117. The van der Waals surface area contributed by atoms with Crippen molar-refractivity contribution in [1.82, 2.24) is 29.7 Å². The third-order valence-corrected chi connectivity index (χ3v) is 6.75. The summed E-state index contributed by atoms with van der Waals surface area (Å²) in [5, 5.41) is 5.42. The van der Waals surface area contributed by atoms with Crippen molar-refractivity contribution in [3.63, 3.8) is 0 Å².